The fourth-order valence-corrected chi connectivity index (χ4v) is 3.01. The number of fused-ring (bicyclic) bond motifs is 2. The third-order valence-corrected chi connectivity index (χ3v) is 3.92. The van der Waals surface area contributed by atoms with Gasteiger partial charge >= 0.3 is 6.18 Å². The Morgan fingerprint density at radius 2 is 2.06 bits per heavy atom. The highest BCUT2D eigenvalue weighted by Crippen LogP contribution is 2.48. The van der Waals surface area contributed by atoms with Gasteiger partial charge in [-0.1, -0.05) is 6.42 Å². The molecule has 2 bridgehead atoms. The minimum Gasteiger partial charge on any atom is -0.382 e. The fourth-order valence-electron chi connectivity index (χ4n) is 3.01. The molecule has 17 heavy (non-hydrogen) atoms. The second kappa shape index (κ2) is 4.48. The lowest BCUT2D eigenvalue weighted by molar-refractivity contribution is -0.202. The SMILES string of the molecule is O=C(NCC(O)C(F)(F)F)C1CC2CCC1C2. The molecule has 4 atom stereocenters. The largest absolute Gasteiger partial charge is 0.416 e. The zero-order valence-electron chi connectivity index (χ0n) is 9.33. The summed E-state index contributed by atoms with van der Waals surface area (Å²) in [6.07, 6.45) is -3.17. The van der Waals surface area contributed by atoms with Gasteiger partial charge in [0.1, 0.15) is 0 Å². The normalized spacial score (nSPS) is 33.8. The monoisotopic (exact) mass is 251 g/mol. The molecule has 0 heterocycles. The smallest absolute Gasteiger partial charge is 0.382 e. The molecule has 0 spiro atoms. The van der Waals surface area contributed by atoms with Crippen molar-refractivity contribution < 1.29 is 23.1 Å². The maximum Gasteiger partial charge on any atom is 0.416 e. The molecule has 0 radical (unpaired) electrons. The van der Waals surface area contributed by atoms with Crippen LogP contribution in [0.15, 0.2) is 0 Å². The van der Waals surface area contributed by atoms with E-state index in [-0.39, 0.29) is 11.8 Å². The first-order valence-corrected chi connectivity index (χ1v) is 5.90. The average molecular weight is 251 g/mol. The molecule has 2 aliphatic carbocycles. The lowest BCUT2D eigenvalue weighted by Gasteiger charge is -2.22. The summed E-state index contributed by atoms with van der Waals surface area (Å²) < 4.78 is 36.1. The quantitative estimate of drug-likeness (QED) is 0.797. The Balaban J connectivity index is 1.78. The first-order valence-electron chi connectivity index (χ1n) is 5.90. The molecule has 3 nitrogen and oxygen atoms in total. The Morgan fingerprint density at radius 3 is 2.53 bits per heavy atom. The van der Waals surface area contributed by atoms with Crippen molar-refractivity contribution >= 4 is 5.91 Å². The number of carbonyl (C=O) groups is 1. The van der Waals surface area contributed by atoms with Crippen molar-refractivity contribution in [2.45, 2.75) is 38.0 Å². The van der Waals surface area contributed by atoms with E-state index in [0.717, 1.165) is 25.7 Å². The molecular formula is C11H16F3NO2. The maximum atomic E-state index is 12.0. The Morgan fingerprint density at radius 1 is 1.35 bits per heavy atom. The Kier molecular flexibility index (Phi) is 3.34. The molecule has 0 aliphatic heterocycles. The molecule has 2 saturated carbocycles. The number of amides is 1. The average Bonchev–Trinajstić information content (AvgIpc) is 2.85. The summed E-state index contributed by atoms with van der Waals surface area (Å²) in [7, 11) is 0. The molecule has 2 fully saturated rings. The molecule has 98 valence electrons. The first kappa shape index (κ1) is 12.7. The van der Waals surface area contributed by atoms with Crippen LogP contribution >= 0.6 is 0 Å². The third kappa shape index (κ3) is 2.73. The van der Waals surface area contributed by atoms with Crippen LogP contribution in [-0.2, 0) is 4.79 Å². The van der Waals surface area contributed by atoms with Crippen LogP contribution in [0, 0.1) is 17.8 Å². The first-order chi connectivity index (χ1) is 7.88. The van der Waals surface area contributed by atoms with Gasteiger partial charge in [0, 0.05) is 5.92 Å². The van der Waals surface area contributed by atoms with Crippen molar-refractivity contribution in [3.63, 3.8) is 0 Å². The number of carbonyl (C=O) groups excluding carboxylic acids is 1. The highest BCUT2D eigenvalue weighted by atomic mass is 19.4. The van der Waals surface area contributed by atoms with Crippen LogP contribution in [0.5, 0.6) is 0 Å². The van der Waals surface area contributed by atoms with Crippen molar-refractivity contribution in [2.24, 2.45) is 17.8 Å². The van der Waals surface area contributed by atoms with Gasteiger partial charge in [0.2, 0.25) is 5.91 Å². The van der Waals surface area contributed by atoms with Gasteiger partial charge in [-0.05, 0) is 31.1 Å². The molecule has 1 amide bonds. The summed E-state index contributed by atoms with van der Waals surface area (Å²) in [4.78, 5) is 11.7. The molecule has 0 aromatic carbocycles. The predicted octanol–water partition coefficient (Wildman–Crippen LogP) is 1.46. The van der Waals surface area contributed by atoms with Crippen LogP contribution in [0.1, 0.15) is 25.7 Å². The zero-order valence-corrected chi connectivity index (χ0v) is 9.33. The van der Waals surface area contributed by atoms with Gasteiger partial charge in [-0.25, -0.2) is 0 Å². The number of aliphatic hydroxyl groups excluding tert-OH is 1. The van der Waals surface area contributed by atoms with E-state index in [1.807, 2.05) is 0 Å². The van der Waals surface area contributed by atoms with Crippen LogP contribution in [0.4, 0.5) is 13.2 Å². The predicted molar refractivity (Wildman–Crippen MR) is 54.0 cm³/mol. The summed E-state index contributed by atoms with van der Waals surface area (Å²) in [5.41, 5.74) is 0. The van der Waals surface area contributed by atoms with Crippen molar-refractivity contribution in [1.82, 2.24) is 5.32 Å². The summed E-state index contributed by atoms with van der Waals surface area (Å²) in [5.74, 6) is 0.431. The molecule has 0 aromatic heterocycles. The van der Waals surface area contributed by atoms with Crippen molar-refractivity contribution in [3.8, 4) is 0 Å². The summed E-state index contributed by atoms with van der Waals surface area (Å²) in [5, 5.41) is 11.0. The number of aliphatic hydroxyl groups is 1. The highest BCUT2D eigenvalue weighted by molar-refractivity contribution is 5.79. The fraction of sp³-hybridized carbons (Fsp3) is 0.909. The molecule has 4 unspecified atom stereocenters. The van der Waals surface area contributed by atoms with Crippen LogP contribution in [0.2, 0.25) is 0 Å². The van der Waals surface area contributed by atoms with Crippen LogP contribution in [0.3, 0.4) is 0 Å². The molecule has 0 aromatic rings. The second-order valence-corrected chi connectivity index (χ2v) is 5.08. The minimum absolute atomic E-state index is 0.144. The number of alkyl halides is 3. The number of hydrogen-bond donors (Lipinski definition) is 2. The molecule has 2 aliphatic rings. The van der Waals surface area contributed by atoms with Crippen LogP contribution in [0.25, 0.3) is 0 Å². The second-order valence-electron chi connectivity index (χ2n) is 5.08. The highest BCUT2D eigenvalue weighted by Gasteiger charge is 2.44. The van der Waals surface area contributed by atoms with Gasteiger partial charge in [0.05, 0.1) is 6.54 Å². The Hall–Kier alpha value is -0.780. The van der Waals surface area contributed by atoms with Crippen LogP contribution in [-0.4, -0.2) is 29.8 Å². The van der Waals surface area contributed by atoms with E-state index in [4.69, 9.17) is 5.11 Å². The van der Waals surface area contributed by atoms with Crippen molar-refractivity contribution in [2.75, 3.05) is 6.54 Å². The maximum absolute atomic E-state index is 12.0. The summed E-state index contributed by atoms with van der Waals surface area (Å²) in [6, 6.07) is 0. The van der Waals surface area contributed by atoms with Gasteiger partial charge in [0.25, 0.3) is 0 Å². The van der Waals surface area contributed by atoms with E-state index in [9.17, 15) is 18.0 Å². The van der Waals surface area contributed by atoms with E-state index < -0.39 is 18.8 Å². The third-order valence-electron chi connectivity index (χ3n) is 3.92. The number of nitrogens with one attached hydrogen (secondary N) is 1. The Bertz CT molecular complexity index is 306. The van der Waals surface area contributed by atoms with Gasteiger partial charge in [-0.2, -0.15) is 13.2 Å². The molecule has 6 heteroatoms. The van der Waals surface area contributed by atoms with Crippen LogP contribution < -0.4 is 5.32 Å². The van der Waals surface area contributed by atoms with Gasteiger partial charge < -0.3 is 10.4 Å². The lowest BCUT2D eigenvalue weighted by atomic mass is 9.88. The summed E-state index contributed by atoms with van der Waals surface area (Å²) in [6.45, 7) is -0.740. The molecule has 2 rings (SSSR count). The van der Waals surface area contributed by atoms with E-state index in [2.05, 4.69) is 5.32 Å². The molecule has 2 N–H and O–H groups in total. The Labute approximate surface area is 97.4 Å². The van der Waals surface area contributed by atoms with E-state index in [1.54, 1.807) is 0 Å². The number of halogens is 3. The van der Waals surface area contributed by atoms with E-state index in [0.29, 0.717) is 11.8 Å². The zero-order chi connectivity index (χ0) is 12.6. The summed E-state index contributed by atoms with van der Waals surface area (Å²) >= 11 is 0. The van der Waals surface area contributed by atoms with Crippen molar-refractivity contribution in [3.05, 3.63) is 0 Å². The van der Waals surface area contributed by atoms with E-state index in [1.165, 1.54) is 0 Å². The number of hydrogen-bond acceptors (Lipinski definition) is 2. The number of rotatable bonds is 3. The van der Waals surface area contributed by atoms with Gasteiger partial charge in [0.15, 0.2) is 6.10 Å². The minimum atomic E-state index is -4.66. The topological polar surface area (TPSA) is 49.3 Å². The standard InChI is InChI=1S/C11H16F3NO2/c12-11(13,14)9(16)5-15-10(17)8-4-6-1-2-7(8)3-6/h6-9,16H,1-5H2,(H,15,17). The molecular weight excluding hydrogens is 235 g/mol. The lowest BCUT2D eigenvalue weighted by Crippen LogP contribution is -2.43. The van der Waals surface area contributed by atoms with E-state index >= 15 is 0 Å². The van der Waals surface area contributed by atoms with Crippen molar-refractivity contribution in [1.29, 1.82) is 0 Å². The van der Waals surface area contributed by atoms with Gasteiger partial charge in [-0.3, -0.25) is 4.79 Å². The van der Waals surface area contributed by atoms with Gasteiger partial charge in [-0.15, -0.1) is 0 Å². The molecule has 0 saturated heterocycles.